The first-order valence-corrected chi connectivity index (χ1v) is 4.98. The number of aromatic nitrogens is 3. The number of nitrogens with two attached hydrogens (primary N) is 1. The van der Waals surface area contributed by atoms with Gasteiger partial charge in [-0.25, -0.2) is 0 Å². The minimum Gasteiger partial charge on any atom is -0.368 e. The number of anilines is 3. The molecule has 1 aromatic rings. The zero-order chi connectivity index (χ0) is 11.5. The standard InChI is InChI=1S/C10H14N6/c1-16(2)10-14-8(11)13-9(15-10)12-7-5-3-4-6-7/h3,5-6H,4H2,1-2H3,(H3,11,12,13,14,15). The van der Waals surface area contributed by atoms with E-state index in [-0.39, 0.29) is 5.95 Å². The number of rotatable bonds is 3. The van der Waals surface area contributed by atoms with Crippen molar-refractivity contribution in [3.05, 3.63) is 23.9 Å². The number of nitrogens with zero attached hydrogens (tertiary/aromatic N) is 4. The first kappa shape index (κ1) is 10.4. The van der Waals surface area contributed by atoms with Gasteiger partial charge in [-0.15, -0.1) is 0 Å². The largest absolute Gasteiger partial charge is 0.368 e. The summed E-state index contributed by atoms with van der Waals surface area (Å²) < 4.78 is 0. The lowest BCUT2D eigenvalue weighted by molar-refractivity contribution is 0.967. The van der Waals surface area contributed by atoms with Crippen molar-refractivity contribution in [1.29, 1.82) is 0 Å². The Morgan fingerprint density at radius 1 is 1.31 bits per heavy atom. The van der Waals surface area contributed by atoms with Crippen molar-refractivity contribution in [2.24, 2.45) is 0 Å². The van der Waals surface area contributed by atoms with Gasteiger partial charge in [0.15, 0.2) is 0 Å². The van der Waals surface area contributed by atoms with Crippen molar-refractivity contribution in [2.75, 3.05) is 30.0 Å². The molecule has 2 rings (SSSR count). The summed E-state index contributed by atoms with van der Waals surface area (Å²) in [6.07, 6.45) is 7.02. The molecule has 3 N–H and O–H groups in total. The zero-order valence-electron chi connectivity index (χ0n) is 9.31. The highest BCUT2D eigenvalue weighted by molar-refractivity contribution is 5.47. The van der Waals surface area contributed by atoms with Crippen LogP contribution >= 0.6 is 0 Å². The van der Waals surface area contributed by atoms with Crippen LogP contribution in [-0.2, 0) is 0 Å². The van der Waals surface area contributed by atoms with Gasteiger partial charge in [-0.05, 0) is 12.5 Å². The second-order valence-corrected chi connectivity index (χ2v) is 3.63. The van der Waals surface area contributed by atoms with Crippen LogP contribution in [0.3, 0.4) is 0 Å². The Hall–Kier alpha value is -2.11. The molecule has 6 nitrogen and oxygen atoms in total. The smallest absolute Gasteiger partial charge is 0.233 e. The molecule has 0 spiro atoms. The molecule has 0 aliphatic heterocycles. The molecule has 1 heterocycles. The topological polar surface area (TPSA) is 80.0 Å². The van der Waals surface area contributed by atoms with E-state index in [1.165, 1.54) is 0 Å². The molecule has 0 bridgehead atoms. The van der Waals surface area contributed by atoms with E-state index in [4.69, 9.17) is 5.73 Å². The second-order valence-electron chi connectivity index (χ2n) is 3.63. The van der Waals surface area contributed by atoms with Crippen molar-refractivity contribution < 1.29 is 0 Å². The van der Waals surface area contributed by atoms with Gasteiger partial charge in [-0.1, -0.05) is 12.2 Å². The summed E-state index contributed by atoms with van der Waals surface area (Å²) in [5.41, 5.74) is 6.59. The number of hydrogen-bond acceptors (Lipinski definition) is 6. The lowest BCUT2D eigenvalue weighted by Crippen LogP contribution is -2.16. The monoisotopic (exact) mass is 218 g/mol. The van der Waals surface area contributed by atoms with Crippen LogP contribution in [0.4, 0.5) is 17.8 Å². The van der Waals surface area contributed by atoms with Crippen LogP contribution in [0.15, 0.2) is 23.9 Å². The average molecular weight is 218 g/mol. The molecular formula is C10H14N6. The minimum absolute atomic E-state index is 0.212. The third kappa shape index (κ3) is 2.28. The highest BCUT2D eigenvalue weighted by Gasteiger charge is 2.07. The lowest BCUT2D eigenvalue weighted by atomic mass is 10.4. The molecule has 0 fully saturated rings. The van der Waals surface area contributed by atoms with Crippen LogP contribution in [0.5, 0.6) is 0 Å². The predicted octanol–water partition coefficient (Wildman–Crippen LogP) is 0.775. The summed E-state index contributed by atoms with van der Waals surface area (Å²) in [7, 11) is 3.71. The van der Waals surface area contributed by atoms with Gasteiger partial charge in [-0.3, -0.25) is 0 Å². The van der Waals surface area contributed by atoms with Gasteiger partial charge >= 0.3 is 0 Å². The van der Waals surface area contributed by atoms with Crippen LogP contribution in [0, 0.1) is 0 Å². The lowest BCUT2D eigenvalue weighted by Gasteiger charge is -2.11. The van der Waals surface area contributed by atoms with Gasteiger partial charge in [0, 0.05) is 19.8 Å². The van der Waals surface area contributed by atoms with E-state index in [0.29, 0.717) is 11.9 Å². The molecule has 0 saturated heterocycles. The first-order valence-electron chi connectivity index (χ1n) is 4.98. The minimum atomic E-state index is 0.212. The van der Waals surface area contributed by atoms with Crippen LogP contribution < -0.4 is 16.0 Å². The first-order chi connectivity index (χ1) is 7.65. The summed E-state index contributed by atoms with van der Waals surface area (Å²) in [5, 5.41) is 3.08. The molecule has 16 heavy (non-hydrogen) atoms. The van der Waals surface area contributed by atoms with Crippen molar-refractivity contribution in [1.82, 2.24) is 15.0 Å². The van der Waals surface area contributed by atoms with E-state index in [9.17, 15) is 0 Å². The van der Waals surface area contributed by atoms with Crippen LogP contribution in [0.25, 0.3) is 0 Å². The summed E-state index contributed by atoms with van der Waals surface area (Å²) >= 11 is 0. The maximum atomic E-state index is 5.61. The molecule has 0 atom stereocenters. The molecule has 0 unspecified atom stereocenters. The maximum Gasteiger partial charge on any atom is 0.233 e. The average Bonchev–Trinajstić information content (AvgIpc) is 2.69. The highest BCUT2D eigenvalue weighted by Crippen LogP contribution is 2.14. The Morgan fingerprint density at radius 3 is 2.75 bits per heavy atom. The predicted molar refractivity (Wildman–Crippen MR) is 64.0 cm³/mol. The summed E-state index contributed by atoms with van der Waals surface area (Å²) in [4.78, 5) is 14.0. The quantitative estimate of drug-likeness (QED) is 0.780. The molecular weight excluding hydrogens is 204 g/mol. The van der Waals surface area contributed by atoms with Crippen LogP contribution in [0.2, 0.25) is 0 Å². The van der Waals surface area contributed by atoms with Gasteiger partial charge < -0.3 is 16.0 Å². The van der Waals surface area contributed by atoms with Crippen molar-refractivity contribution in [3.8, 4) is 0 Å². The van der Waals surface area contributed by atoms with Crippen molar-refractivity contribution in [2.45, 2.75) is 6.42 Å². The molecule has 0 saturated carbocycles. The van der Waals surface area contributed by atoms with E-state index in [2.05, 4.69) is 32.4 Å². The normalized spacial score (nSPS) is 13.8. The van der Waals surface area contributed by atoms with Gasteiger partial charge in [0.1, 0.15) is 0 Å². The Morgan fingerprint density at radius 2 is 2.12 bits per heavy atom. The Labute approximate surface area is 93.9 Å². The fraction of sp³-hybridized carbons (Fsp3) is 0.300. The van der Waals surface area contributed by atoms with Crippen molar-refractivity contribution in [3.63, 3.8) is 0 Å². The number of nitrogens with one attached hydrogen (secondary N) is 1. The van der Waals surface area contributed by atoms with Gasteiger partial charge in [0.25, 0.3) is 0 Å². The highest BCUT2D eigenvalue weighted by atomic mass is 15.3. The number of hydrogen-bond donors (Lipinski definition) is 2. The van der Waals surface area contributed by atoms with Gasteiger partial charge in [-0.2, -0.15) is 15.0 Å². The summed E-state index contributed by atoms with van der Waals surface area (Å²) in [5.74, 6) is 1.22. The molecule has 84 valence electrons. The SMILES string of the molecule is CN(C)c1nc(N)nc(NC2=CCC=C2)n1. The van der Waals surface area contributed by atoms with E-state index in [0.717, 1.165) is 12.1 Å². The molecule has 0 radical (unpaired) electrons. The van der Waals surface area contributed by atoms with E-state index >= 15 is 0 Å². The van der Waals surface area contributed by atoms with E-state index in [1.54, 1.807) is 4.90 Å². The third-order valence-electron chi connectivity index (χ3n) is 2.07. The molecule has 0 amide bonds. The molecule has 1 aromatic heterocycles. The summed E-state index contributed by atoms with van der Waals surface area (Å²) in [6.45, 7) is 0. The summed E-state index contributed by atoms with van der Waals surface area (Å²) in [6, 6.07) is 0. The fourth-order valence-corrected chi connectivity index (χ4v) is 1.32. The van der Waals surface area contributed by atoms with Gasteiger partial charge in [0.05, 0.1) is 0 Å². The molecule has 1 aliphatic rings. The Balaban J connectivity index is 2.23. The fourth-order valence-electron chi connectivity index (χ4n) is 1.32. The zero-order valence-corrected chi connectivity index (χ0v) is 9.31. The Bertz CT molecular complexity index is 449. The molecule has 6 heteroatoms. The maximum absolute atomic E-state index is 5.61. The number of nitrogen functional groups attached to an aromatic ring is 1. The number of allylic oxidation sites excluding steroid dienone is 3. The van der Waals surface area contributed by atoms with E-state index in [1.807, 2.05) is 20.2 Å². The van der Waals surface area contributed by atoms with E-state index < -0.39 is 0 Å². The van der Waals surface area contributed by atoms with Crippen LogP contribution in [0.1, 0.15) is 6.42 Å². The van der Waals surface area contributed by atoms with Crippen molar-refractivity contribution >= 4 is 17.8 Å². The Kier molecular flexibility index (Phi) is 2.72. The van der Waals surface area contributed by atoms with Gasteiger partial charge in [0.2, 0.25) is 17.8 Å². The molecule has 1 aliphatic carbocycles. The second kappa shape index (κ2) is 4.18. The van der Waals surface area contributed by atoms with Crippen LogP contribution in [-0.4, -0.2) is 29.0 Å². The third-order valence-corrected chi connectivity index (χ3v) is 2.07. The molecule has 0 aromatic carbocycles.